The third-order valence-electron chi connectivity index (χ3n) is 6.01. The van der Waals surface area contributed by atoms with Crippen LogP contribution in [0.1, 0.15) is 25.7 Å². The topological polar surface area (TPSA) is 54.1 Å². The highest BCUT2D eigenvalue weighted by atomic mass is 15.3. The Morgan fingerprint density at radius 3 is 2.22 bits per heavy atom. The fraction of sp³-hybridized carbons (Fsp3) is 0.391. The van der Waals surface area contributed by atoms with Crippen LogP contribution in [0, 0.1) is 28.6 Å². The van der Waals surface area contributed by atoms with Gasteiger partial charge in [0.05, 0.1) is 0 Å². The van der Waals surface area contributed by atoms with Gasteiger partial charge in [-0.1, -0.05) is 24.3 Å². The number of para-hydroxylation sites is 1. The van der Waals surface area contributed by atoms with Crippen LogP contribution in [-0.2, 0) is 0 Å². The Balaban J connectivity index is 1.49. The number of allylic oxidation sites excluding steroid dienone is 6. The Kier molecular flexibility index (Phi) is 4.99. The van der Waals surface area contributed by atoms with Crippen molar-refractivity contribution in [2.45, 2.75) is 25.7 Å². The van der Waals surface area contributed by atoms with Gasteiger partial charge in [0.25, 0.3) is 0 Å². The van der Waals surface area contributed by atoms with Gasteiger partial charge in [0.1, 0.15) is 17.7 Å². The molecule has 4 rings (SSSR count). The SMILES string of the molecule is N#CC(C#N)=C1C=C2C=C(N3CCN(c4ccccc4)CC3)CC[C@H]2CC1. The predicted octanol–water partition coefficient (Wildman–Crippen LogP) is 4.17. The summed E-state index contributed by atoms with van der Waals surface area (Å²) in [6, 6.07) is 14.7. The summed E-state index contributed by atoms with van der Waals surface area (Å²) in [7, 11) is 0. The van der Waals surface area contributed by atoms with Crippen molar-refractivity contribution in [2.24, 2.45) is 5.92 Å². The van der Waals surface area contributed by atoms with Gasteiger partial charge >= 0.3 is 0 Å². The third kappa shape index (κ3) is 3.62. The van der Waals surface area contributed by atoms with Crippen molar-refractivity contribution in [1.29, 1.82) is 10.5 Å². The monoisotopic (exact) mass is 356 g/mol. The number of nitrogens with zero attached hydrogens (tertiary/aromatic N) is 4. The lowest BCUT2D eigenvalue weighted by molar-refractivity contribution is 0.297. The Bertz CT molecular complexity index is 855. The fourth-order valence-electron chi connectivity index (χ4n) is 4.45. The van der Waals surface area contributed by atoms with E-state index in [0.717, 1.165) is 51.0 Å². The normalized spacial score (nSPS) is 22.1. The Labute approximate surface area is 161 Å². The summed E-state index contributed by atoms with van der Waals surface area (Å²) >= 11 is 0. The van der Waals surface area contributed by atoms with E-state index < -0.39 is 0 Å². The number of fused-ring (bicyclic) bond motifs is 1. The molecule has 2 aliphatic carbocycles. The Morgan fingerprint density at radius 1 is 0.852 bits per heavy atom. The quantitative estimate of drug-likeness (QED) is 0.747. The molecule has 1 aromatic carbocycles. The molecule has 0 unspecified atom stereocenters. The van der Waals surface area contributed by atoms with E-state index in [1.54, 1.807) is 0 Å². The van der Waals surface area contributed by atoms with Crippen LogP contribution >= 0.6 is 0 Å². The molecule has 1 saturated heterocycles. The molecule has 1 aliphatic heterocycles. The van der Waals surface area contributed by atoms with Gasteiger partial charge in [-0.3, -0.25) is 0 Å². The molecule has 1 atom stereocenters. The second-order valence-electron chi connectivity index (χ2n) is 7.49. The number of anilines is 1. The fourth-order valence-corrected chi connectivity index (χ4v) is 4.45. The van der Waals surface area contributed by atoms with Crippen molar-refractivity contribution < 1.29 is 0 Å². The van der Waals surface area contributed by atoms with E-state index in [4.69, 9.17) is 10.5 Å². The van der Waals surface area contributed by atoms with E-state index in [0.29, 0.717) is 5.92 Å². The van der Waals surface area contributed by atoms with Crippen molar-refractivity contribution >= 4 is 5.69 Å². The molecule has 0 amide bonds. The molecule has 1 fully saturated rings. The first-order valence-electron chi connectivity index (χ1n) is 9.79. The van der Waals surface area contributed by atoms with E-state index in [-0.39, 0.29) is 5.57 Å². The van der Waals surface area contributed by atoms with Crippen LogP contribution < -0.4 is 4.90 Å². The van der Waals surface area contributed by atoms with Crippen LogP contribution in [0.25, 0.3) is 0 Å². The van der Waals surface area contributed by atoms with Crippen LogP contribution in [-0.4, -0.2) is 31.1 Å². The highest BCUT2D eigenvalue weighted by molar-refractivity contribution is 5.50. The van der Waals surface area contributed by atoms with Crippen LogP contribution in [0.5, 0.6) is 0 Å². The number of nitriles is 2. The number of rotatable bonds is 2. The molecule has 0 N–H and O–H groups in total. The summed E-state index contributed by atoms with van der Waals surface area (Å²) in [5.41, 5.74) is 5.23. The molecule has 0 bridgehead atoms. The number of hydrogen-bond acceptors (Lipinski definition) is 4. The van der Waals surface area contributed by atoms with Crippen molar-refractivity contribution in [3.8, 4) is 12.1 Å². The predicted molar refractivity (Wildman–Crippen MR) is 107 cm³/mol. The van der Waals surface area contributed by atoms with Gasteiger partial charge in [-0.15, -0.1) is 0 Å². The van der Waals surface area contributed by atoms with Crippen LogP contribution in [0.2, 0.25) is 0 Å². The maximum absolute atomic E-state index is 9.16. The first-order valence-corrected chi connectivity index (χ1v) is 9.79. The number of hydrogen-bond donors (Lipinski definition) is 0. The summed E-state index contributed by atoms with van der Waals surface area (Å²) in [5.74, 6) is 0.585. The molecule has 0 spiro atoms. The molecule has 3 aliphatic rings. The second-order valence-corrected chi connectivity index (χ2v) is 7.49. The first-order chi connectivity index (χ1) is 13.3. The molecule has 27 heavy (non-hydrogen) atoms. The van der Waals surface area contributed by atoms with Crippen molar-refractivity contribution in [3.05, 3.63) is 64.9 Å². The molecule has 0 radical (unpaired) electrons. The van der Waals surface area contributed by atoms with Gasteiger partial charge in [-0.2, -0.15) is 10.5 Å². The van der Waals surface area contributed by atoms with Crippen LogP contribution in [0.3, 0.4) is 0 Å². The minimum Gasteiger partial charge on any atom is -0.371 e. The first kappa shape index (κ1) is 17.4. The Hall–Kier alpha value is -2.98. The largest absolute Gasteiger partial charge is 0.371 e. The molecule has 0 aromatic heterocycles. The minimum absolute atomic E-state index is 0.276. The lowest BCUT2D eigenvalue weighted by Gasteiger charge is -2.40. The van der Waals surface area contributed by atoms with Crippen molar-refractivity contribution in [2.75, 3.05) is 31.1 Å². The standard InChI is InChI=1S/C23H24N4/c24-16-21(17-25)19-7-6-18-8-9-23(15-20(18)14-19)27-12-10-26(11-13-27)22-4-2-1-3-5-22/h1-5,14-15,18H,6-13H2/t18-/m1/s1. The summed E-state index contributed by atoms with van der Waals surface area (Å²) in [6.07, 6.45) is 8.66. The summed E-state index contributed by atoms with van der Waals surface area (Å²) in [5, 5.41) is 18.3. The van der Waals surface area contributed by atoms with Gasteiger partial charge in [-0.05, 0) is 61.0 Å². The zero-order chi connectivity index (χ0) is 18.6. The zero-order valence-electron chi connectivity index (χ0n) is 15.6. The maximum Gasteiger partial charge on any atom is 0.132 e. The van der Waals surface area contributed by atoms with Gasteiger partial charge in [0.15, 0.2) is 0 Å². The summed E-state index contributed by atoms with van der Waals surface area (Å²) < 4.78 is 0. The third-order valence-corrected chi connectivity index (χ3v) is 6.01. The van der Waals surface area contributed by atoms with Crippen molar-refractivity contribution in [3.63, 3.8) is 0 Å². The molecular weight excluding hydrogens is 332 g/mol. The smallest absolute Gasteiger partial charge is 0.132 e. The molecule has 136 valence electrons. The zero-order valence-corrected chi connectivity index (χ0v) is 15.6. The molecule has 1 heterocycles. The van der Waals surface area contributed by atoms with Gasteiger partial charge in [-0.25, -0.2) is 0 Å². The highest BCUT2D eigenvalue weighted by Gasteiger charge is 2.27. The number of piperazine rings is 1. The second kappa shape index (κ2) is 7.72. The van der Waals surface area contributed by atoms with Crippen molar-refractivity contribution in [1.82, 2.24) is 4.90 Å². The van der Waals surface area contributed by atoms with E-state index >= 15 is 0 Å². The van der Waals surface area contributed by atoms with Crippen LogP contribution in [0.4, 0.5) is 5.69 Å². The molecule has 0 saturated carbocycles. The maximum atomic E-state index is 9.16. The van der Waals surface area contributed by atoms with Gasteiger partial charge < -0.3 is 9.80 Å². The highest BCUT2D eigenvalue weighted by Crippen LogP contribution is 2.39. The van der Waals surface area contributed by atoms with E-state index in [9.17, 15) is 0 Å². The van der Waals surface area contributed by atoms with E-state index in [1.807, 2.05) is 12.1 Å². The summed E-state index contributed by atoms with van der Waals surface area (Å²) in [6.45, 7) is 4.18. The lowest BCUT2D eigenvalue weighted by Crippen LogP contribution is -2.46. The minimum atomic E-state index is 0.276. The van der Waals surface area contributed by atoms with Gasteiger partial charge in [0.2, 0.25) is 0 Å². The average molecular weight is 356 g/mol. The summed E-state index contributed by atoms with van der Waals surface area (Å²) in [4.78, 5) is 4.97. The molecule has 1 aromatic rings. The molecule has 4 heteroatoms. The van der Waals surface area contributed by atoms with E-state index in [2.05, 4.69) is 52.3 Å². The van der Waals surface area contributed by atoms with Crippen LogP contribution in [0.15, 0.2) is 64.9 Å². The van der Waals surface area contributed by atoms with Gasteiger partial charge in [0, 0.05) is 37.6 Å². The average Bonchev–Trinajstić information content (AvgIpc) is 2.75. The number of benzene rings is 1. The van der Waals surface area contributed by atoms with E-state index in [1.165, 1.54) is 23.4 Å². The lowest BCUT2D eigenvalue weighted by atomic mass is 9.77. The molecule has 4 nitrogen and oxygen atoms in total. The molecular formula is C23H24N4. The Morgan fingerprint density at radius 2 is 1.52 bits per heavy atom.